The maximum Gasteiger partial charge on any atom is 0.0431 e. The molecule has 3 nitrogen and oxygen atoms in total. The van der Waals surface area contributed by atoms with Gasteiger partial charge in [0.2, 0.25) is 0 Å². The third kappa shape index (κ3) is 5.80. The molecule has 2 unspecified atom stereocenters. The quantitative estimate of drug-likeness (QED) is 0.676. The van der Waals surface area contributed by atoms with Gasteiger partial charge in [0, 0.05) is 31.8 Å². The smallest absolute Gasteiger partial charge is 0.0431 e. The number of hydrogen-bond acceptors (Lipinski definition) is 3. The second kappa shape index (κ2) is 8.23. The summed E-state index contributed by atoms with van der Waals surface area (Å²) in [6.07, 6.45) is 5.98. The van der Waals surface area contributed by atoms with Gasteiger partial charge in [-0.3, -0.25) is 4.90 Å². The molecule has 0 bridgehead atoms. The van der Waals surface area contributed by atoms with Crippen molar-refractivity contribution >= 4 is 0 Å². The highest BCUT2D eigenvalue weighted by molar-refractivity contribution is 4.86. The zero-order chi connectivity index (χ0) is 14.3. The fraction of sp³-hybridized carbons (Fsp3) is 1.00. The maximum atomic E-state index is 9.01. The average Bonchev–Trinajstić information content (AvgIpc) is 2.81. The first-order valence-corrected chi connectivity index (χ1v) is 8.09. The Kier molecular flexibility index (Phi) is 7.33. The number of hydrogen-bond donors (Lipinski definition) is 2. The molecule has 0 spiro atoms. The van der Waals surface area contributed by atoms with Gasteiger partial charge < -0.3 is 10.4 Å². The van der Waals surface area contributed by atoms with Crippen LogP contribution < -0.4 is 5.32 Å². The molecule has 114 valence electrons. The highest BCUT2D eigenvalue weighted by atomic mass is 16.2. The van der Waals surface area contributed by atoms with Crippen LogP contribution in [0.3, 0.4) is 0 Å². The number of nitrogens with one attached hydrogen (secondary N) is 1. The molecule has 1 heterocycles. The molecule has 19 heavy (non-hydrogen) atoms. The third-order valence-corrected chi connectivity index (χ3v) is 4.57. The monoisotopic (exact) mass is 270 g/mol. The van der Waals surface area contributed by atoms with Crippen molar-refractivity contribution < 1.29 is 5.11 Å². The second-order valence-electron chi connectivity index (χ2n) is 6.83. The molecule has 1 saturated heterocycles. The van der Waals surface area contributed by atoms with Crippen molar-refractivity contribution in [3.63, 3.8) is 0 Å². The highest BCUT2D eigenvalue weighted by Gasteiger charge is 2.31. The lowest BCUT2D eigenvalue weighted by Gasteiger charge is -2.36. The lowest BCUT2D eigenvalue weighted by Crippen LogP contribution is -2.45. The molecule has 0 aromatic rings. The van der Waals surface area contributed by atoms with Crippen LogP contribution in [0.25, 0.3) is 0 Å². The van der Waals surface area contributed by atoms with Gasteiger partial charge >= 0.3 is 0 Å². The molecule has 1 aliphatic heterocycles. The van der Waals surface area contributed by atoms with Crippen LogP contribution in [0.5, 0.6) is 0 Å². The number of nitrogens with zero attached hydrogens (tertiary/aromatic N) is 1. The predicted octanol–water partition coefficient (Wildman–Crippen LogP) is 2.64. The zero-order valence-electron chi connectivity index (χ0n) is 13.4. The van der Waals surface area contributed by atoms with E-state index in [4.69, 9.17) is 5.11 Å². The van der Waals surface area contributed by atoms with E-state index in [1.807, 2.05) is 0 Å². The molecule has 0 aliphatic carbocycles. The van der Waals surface area contributed by atoms with E-state index >= 15 is 0 Å². The minimum Gasteiger partial charge on any atom is -0.396 e. The van der Waals surface area contributed by atoms with E-state index in [2.05, 4.69) is 37.9 Å². The Bertz CT molecular complexity index is 245. The van der Waals surface area contributed by atoms with Crippen molar-refractivity contribution in [2.75, 3.05) is 26.2 Å². The molecule has 0 aromatic carbocycles. The fourth-order valence-electron chi connectivity index (χ4n) is 2.99. The van der Waals surface area contributed by atoms with E-state index in [1.165, 1.54) is 32.4 Å². The molecule has 3 heteroatoms. The zero-order valence-corrected chi connectivity index (χ0v) is 13.4. The van der Waals surface area contributed by atoms with E-state index in [0.29, 0.717) is 24.1 Å². The standard InChI is InChI=1S/C16H34N2O/c1-5-16(4,12-17-14(2)3)13-18-10-6-8-15(18)9-7-11-19/h14-15,17,19H,5-13H2,1-4H3. The van der Waals surface area contributed by atoms with Crippen LogP contribution in [0.15, 0.2) is 0 Å². The van der Waals surface area contributed by atoms with Gasteiger partial charge in [-0.05, 0) is 44.1 Å². The first-order valence-electron chi connectivity index (χ1n) is 8.09. The summed E-state index contributed by atoms with van der Waals surface area (Å²) in [4.78, 5) is 2.67. The molecule has 1 aliphatic rings. The van der Waals surface area contributed by atoms with Crippen molar-refractivity contribution in [2.45, 2.75) is 71.9 Å². The minimum atomic E-state index is 0.338. The van der Waals surface area contributed by atoms with Crippen LogP contribution >= 0.6 is 0 Å². The summed E-state index contributed by atoms with van der Waals surface area (Å²) in [5, 5.41) is 12.6. The average molecular weight is 270 g/mol. The SMILES string of the molecule is CCC(C)(CNC(C)C)CN1CCCC1CCCO. The number of aliphatic hydroxyl groups is 1. The number of aliphatic hydroxyl groups excluding tert-OH is 1. The van der Waals surface area contributed by atoms with E-state index in [-0.39, 0.29) is 0 Å². The molecule has 1 rings (SSSR count). The van der Waals surface area contributed by atoms with Gasteiger partial charge in [0.1, 0.15) is 0 Å². The van der Waals surface area contributed by atoms with E-state index in [1.54, 1.807) is 0 Å². The molecule has 2 atom stereocenters. The summed E-state index contributed by atoms with van der Waals surface area (Å²) in [6.45, 7) is 13.0. The molecule has 0 aromatic heterocycles. The molecule has 0 amide bonds. The van der Waals surface area contributed by atoms with Crippen LogP contribution in [0.4, 0.5) is 0 Å². The molecular formula is C16H34N2O. The summed E-state index contributed by atoms with van der Waals surface area (Å²) in [7, 11) is 0. The third-order valence-electron chi connectivity index (χ3n) is 4.57. The Balaban J connectivity index is 2.48. The first-order chi connectivity index (χ1) is 9.00. The summed E-state index contributed by atoms with van der Waals surface area (Å²) < 4.78 is 0. The van der Waals surface area contributed by atoms with Crippen LogP contribution in [-0.2, 0) is 0 Å². The Morgan fingerprint density at radius 1 is 1.42 bits per heavy atom. The van der Waals surface area contributed by atoms with E-state index < -0.39 is 0 Å². The molecule has 1 fully saturated rings. The summed E-state index contributed by atoms with van der Waals surface area (Å²) >= 11 is 0. The number of likely N-dealkylation sites (tertiary alicyclic amines) is 1. The van der Waals surface area contributed by atoms with Crippen LogP contribution in [0.2, 0.25) is 0 Å². The minimum absolute atomic E-state index is 0.338. The topological polar surface area (TPSA) is 35.5 Å². The van der Waals surface area contributed by atoms with Crippen molar-refractivity contribution in [1.82, 2.24) is 10.2 Å². The van der Waals surface area contributed by atoms with Gasteiger partial charge in [-0.25, -0.2) is 0 Å². The van der Waals surface area contributed by atoms with Crippen molar-refractivity contribution in [3.05, 3.63) is 0 Å². The predicted molar refractivity (Wildman–Crippen MR) is 82.5 cm³/mol. The van der Waals surface area contributed by atoms with Crippen molar-refractivity contribution in [2.24, 2.45) is 5.41 Å². The van der Waals surface area contributed by atoms with Gasteiger partial charge in [0.25, 0.3) is 0 Å². The van der Waals surface area contributed by atoms with Crippen LogP contribution in [-0.4, -0.2) is 48.3 Å². The molecule has 0 saturated carbocycles. The van der Waals surface area contributed by atoms with Crippen LogP contribution in [0.1, 0.15) is 59.8 Å². The van der Waals surface area contributed by atoms with Gasteiger partial charge in [0.15, 0.2) is 0 Å². The second-order valence-corrected chi connectivity index (χ2v) is 6.83. The normalized spacial score (nSPS) is 24.0. The summed E-state index contributed by atoms with van der Waals surface area (Å²) in [6, 6.07) is 1.27. The molecular weight excluding hydrogens is 236 g/mol. The largest absolute Gasteiger partial charge is 0.396 e. The lowest BCUT2D eigenvalue weighted by atomic mass is 9.86. The van der Waals surface area contributed by atoms with Crippen molar-refractivity contribution in [1.29, 1.82) is 0 Å². The van der Waals surface area contributed by atoms with Crippen LogP contribution in [0, 0.1) is 5.41 Å². The fourth-order valence-corrected chi connectivity index (χ4v) is 2.99. The Morgan fingerprint density at radius 2 is 2.16 bits per heavy atom. The Labute approximate surface area is 119 Å². The Hall–Kier alpha value is -0.120. The first kappa shape index (κ1) is 16.9. The van der Waals surface area contributed by atoms with Gasteiger partial charge in [0.05, 0.1) is 0 Å². The lowest BCUT2D eigenvalue weighted by molar-refractivity contribution is 0.132. The van der Waals surface area contributed by atoms with Crippen molar-refractivity contribution in [3.8, 4) is 0 Å². The number of rotatable bonds is 9. The van der Waals surface area contributed by atoms with E-state index in [9.17, 15) is 0 Å². The van der Waals surface area contributed by atoms with Gasteiger partial charge in [-0.1, -0.05) is 27.7 Å². The summed E-state index contributed by atoms with van der Waals surface area (Å²) in [5.74, 6) is 0. The Morgan fingerprint density at radius 3 is 2.74 bits per heavy atom. The molecule has 0 radical (unpaired) electrons. The highest BCUT2D eigenvalue weighted by Crippen LogP contribution is 2.28. The van der Waals surface area contributed by atoms with E-state index in [0.717, 1.165) is 19.4 Å². The molecule has 2 N–H and O–H groups in total. The summed E-state index contributed by atoms with van der Waals surface area (Å²) in [5.41, 5.74) is 0.367. The maximum absolute atomic E-state index is 9.01. The van der Waals surface area contributed by atoms with Gasteiger partial charge in [-0.2, -0.15) is 0 Å². The van der Waals surface area contributed by atoms with Gasteiger partial charge in [-0.15, -0.1) is 0 Å².